The summed E-state index contributed by atoms with van der Waals surface area (Å²) in [5.41, 5.74) is 20.2. The van der Waals surface area contributed by atoms with Crippen molar-refractivity contribution in [2.75, 3.05) is 5.73 Å². The molecule has 4 heteroatoms. The fraction of sp³-hybridized carbons (Fsp3) is 0.0227. The molecule has 1 aliphatic carbocycles. The molecular formula is C44H29N3O. The number of nitrogens with zero attached hydrogens (tertiary/aromatic N) is 2. The lowest BCUT2D eigenvalue weighted by atomic mass is 9.65. The van der Waals surface area contributed by atoms with Gasteiger partial charge < -0.3 is 10.5 Å². The number of rotatable bonds is 3. The fourth-order valence-corrected chi connectivity index (χ4v) is 7.97. The van der Waals surface area contributed by atoms with Crippen LogP contribution in [0.1, 0.15) is 22.3 Å². The molecule has 7 aromatic carbocycles. The molecule has 0 saturated carbocycles. The van der Waals surface area contributed by atoms with Gasteiger partial charge in [-0.15, -0.1) is 0 Å². The monoisotopic (exact) mass is 615 g/mol. The maximum atomic E-state index is 6.63. The molecule has 1 aromatic heterocycles. The summed E-state index contributed by atoms with van der Waals surface area (Å²) in [6, 6.07) is 57.6. The standard InChI is InChI=1S/C44H29N3O/c45-31-23-25-42-38(27-31)44(35-14-6-4-12-33(35)34-13-5-7-15-36(34)44)37-26-30(22-24-41(37)48-42)28-18-20-29(21-19-28)43-46-39-16-8-9-17-40(39)47(43)32-10-2-1-3-11-32/h1-27H,45H2. The third-order valence-electron chi connectivity index (χ3n) is 10.0. The van der Waals surface area contributed by atoms with Crippen LogP contribution < -0.4 is 10.5 Å². The average molecular weight is 616 g/mol. The molecule has 0 fully saturated rings. The maximum absolute atomic E-state index is 6.63. The summed E-state index contributed by atoms with van der Waals surface area (Å²) in [4.78, 5) is 5.07. The molecule has 0 radical (unpaired) electrons. The van der Waals surface area contributed by atoms with Crippen LogP contribution in [0.4, 0.5) is 5.69 Å². The molecule has 0 amide bonds. The van der Waals surface area contributed by atoms with Gasteiger partial charge in [0.2, 0.25) is 0 Å². The number of fused-ring (bicyclic) bond motifs is 10. The molecule has 2 N–H and O–H groups in total. The van der Waals surface area contributed by atoms with Gasteiger partial charge in [0.1, 0.15) is 17.3 Å². The Morgan fingerprint density at radius 3 is 1.83 bits per heavy atom. The van der Waals surface area contributed by atoms with Crippen LogP contribution in [0.2, 0.25) is 0 Å². The molecule has 8 aromatic rings. The summed E-state index contributed by atoms with van der Waals surface area (Å²) in [6.45, 7) is 0. The highest BCUT2D eigenvalue weighted by molar-refractivity contribution is 5.90. The number of hydrogen-bond acceptors (Lipinski definition) is 3. The van der Waals surface area contributed by atoms with Crippen LogP contribution in [0.15, 0.2) is 164 Å². The molecule has 0 bridgehead atoms. The van der Waals surface area contributed by atoms with Crippen molar-refractivity contribution in [2.45, 2.75) is 5.41 Å². The number of ether oxygens (including phenoxy) is 1. The van der Waals surface area contributed by atoms with Crippen molar-refractivity contribution in [3.63, 3.8) is 0 Å². The van der Waals surface area contributed by atoms with Crippen LogP contribution in [0, 0.1) is 0 Å². The number of para-hydroxylation sites is 3. The van der Waals surface area contributed by atoms with Gasteiger partial charge >= 0.3 is 0 Å². The molecule has 4 nitrogen and oxygen atoms in total. The van der Waals surface area contributed by atoms with Crippen LogP contribution in [0.3, 0.4) is 0 Å². The Kier molecular flexibility index (Phi) is 5.61. The summed E-state index contributed by atoms with van der Waals surface area (Å²) < 4.78 is 8.87. The summed E-state index contributed by atoms with van der Waals surface area (Å²) >= 11 is 0. The molecule has 226 valence electrons. The SMILES string of the molecule is Nc1ccc2c(c1)C1(c3cc(-c4ccc(-c5nc6ccccc6n5-c5ccccc5)cc4)ccc3O2)c2ccccc2-c2ccccc21. The Morgan fingerprint density at radius 1 is 0.500 bits per heavy atom. The highest BCUT2D eigenvalue weighted by Gasteiger charge is 2.51. The molecule has 2 heterocycles. The highest BCUT2D eigenvalue weighted by atomic mass is 16.5. The van der Waals surface area contributed by atoms with Crippen molar-refractivity contribution in [1.82, 2.24) is 9.55 Å². The number of aromatic nitrogens is 2. The molecule has 0 unspecified atom stereocenters. The lowest BCUT2D eigenvalue weighted by molar-refractivity contribution is 0.436. The second-order valence-electron chi connectivity index (χ2n) is 12.6. The minimum atomic E-state index is -0.567. The summed E-state index contributed by atoms with van der Waals surface area (Å²) in [6.07, 6.45) is 0. The first-order valence-corrected chi connectivity index (χ1v) is 16.3. The first-order chi connectivity index (χ1) is 23.7. The van der Waals surface area contributed by atoms with Gasteiger partial charge in [-0.25, -0.2) is 4.98 Å². The zero-order valence-electron chi connectivity index (χ0n) is 26.0. The van der Waals surface area contributed by atoms with E-state index in [1.54, 1.807) is 0 Å². The number of nitrogens with two attached hydrogens (primary N) is 1. The Morgan fingerprint density at radius 2 is 1.08 bits per heavy atom. The number of imidazole rings is 1. The van der Waals surface area contributed by atoms with E-state index in [4.69, 9.17) is 15.5 Å². The Labute approximate surface area is 278 Å². The van der Waals surface area contributed by atoms with Crippen molar-refractivity contribution in [3.8, 4) is 50.8 Å². The normalized spacial score (nSPS) is 13.4. The predicted molar refractivity (Wildman–Crippen MR) is 194 cm³/mol. The van der Waals surface area contributed by atoms with Crippen molar-refractivity contribution in [1.29, 1.82) is 0 Å². The molecule has 1 spiro atoms. The van der Waals surface area contributed by atoms with Crippen LogP contribution in [-0.4, -0.2) is 9.55 Å². The lowest BCUT2D eigenvalue weighted by Crippen LogP contribution is -2.32. The van der Waals surface area contributed by atoms with E-state index in [9.17, 15) is 0 Å². The Balaban J connectivity index is 1.15. The van der Waals surface area contributed by atoms with E-state index < -0.39 is 5.41 Å². The zero-order chi connectivity index (χ0) is 31.8. The van der Waals surface area contributed by atoms with Gasteiger partial charge in [0.05, 0.1) is 16.4 Å². The maximum Gasteiger partial charge on any atom is 0.145 e. The van der Waals surface area contributed by atoms with Crippen LogP contribution in [-0.2, 0) is 5.41 Å². The fourth-order valence-electron chi connectivity index (χ4n) is 7.97. The average Bonchev–Trinajstić information content (AvgIpc) is 3.67. The van der Waals surface area contributed by atoms with E-state index in [1.807, 2.05) is 24.3 Å². The van der Waals surface area contributed by atoms with Gasteiger partial charge in [-0.05, 0) is 88.0 Å². The zero-order valence-corrected chi connectivity index (χ0v) is 26.0. The predicted octanol–water partition coefficient (Wildman–Crippen LogP) is 10.4. The molecule has 0 saturated heterocycles. The molecule has 10 rings (SSSR count). The largest absolute Gasteiger partial charge is 0.457 e. The first kappa shape index (κ1) is 26.8. The van der Waals surface area contributed by atoms with E-state index in [-0.39, 0.29) is 0 Å². The van der Waals surface area contributed by atoms with E-state index >= 15 is 0 Å². The minimum Gasteiger partial charge on any atom is -0.457 e. The number of anilines is 1. The van der Waals surface area contributed by atoms with Crippen molar-refractivity contribution in [3.05, 3.63) is 186 Å². The van der Waals surface area contributed by atoms with Gasteiger partial charge in [0.25, 0.3) is 0 Å². The van der Waals surface area contributed by atoms with E-state index in [0.29, 0.717) is 0 Å². The number of benzene rings is 7. The summed E-state index contributed by atoms with van der Waals surface area (Å²) in [5.74, 6) is 2.61. The molecule has 0 atom stereocenters. The molecular weight excluding hydrogens is 587 g/mol. The summed E-state index contributed by atoms with van der Waals surface area (Å²) in [5, 5.41) is 0. The Bertz CT molecular complexity index is 2500. The van der Waals surface area contributed by atoms with Crippen LogP contribution in [0.25, 0.3) is 50.4 Å². The van der Waals surface area contributed by atoms with Crippen molar-refractivity contribution >= 4 is 16.7 Å². The second-order valence-corrected chi connectivity index (χ2v) is 12.6. The third-order valence-corrected chi connectivity index (χ3v) is 10.0. The van der Waals surface area contributed by atoms with Crippen molar-refractivity contribution in [2.24, 2.45) is 0 Å². The Hall–Kier alpha value is -6.39. The topological polar surface area (TPSA) is 53.1 Å². The lowest BCUT2D eigenvalue weighted by Gasteiger charge is -2.39. The quantitative estimate of drug-likeness (QED) is 0.201. The molecule has 48 heavy (non-hydrogen) atoms. The van der Waals surface area contributed by atoms with Gasteiger partial charge in [0.15, 0.2) is 0 Å². The van der Waals surface area contributed by atoms with Gasteiger partial charge in [0, 0.05) is 28.1 Å². The van der Waals surface area contributed by atoms with Gasteiger partial charge in [-0.1, -0.05) is 109 Å². The van der Waals surface area contributed by atoms with Gasteiger partial charge in [-0.2, -0.15) is 0 Å². The number of hydrogen-bond donors (Lipinski definition) is 1. The van der Waals surface area contributed by atoms with Gasteiger partial charge in [-0.3, -0.25) is 4.57 Å². The van der Waals surface area contributed by atoms with E-state index in [2.05, 4.69) is 144 Å². The minimum absolute atomic E-state index is 0.567. The third kappa shape index (κ3) is 3.68. The smallest absolute Gasteiger partial charge is 0.145 e. The number of nitrogen functional groups attached to an aromatic ring is 1. The van der Waals surface area contributed by atoms with Crippen molar-refractivity contribution < 1.29 is 4.74 Å². The van der Waals surface area contributed by atoms with E-state index in [0.717, 1.165) is 67.5 Å². The van der Waals surface area contributed by atoms with E-state index in [1.165, 1.54) is 22.3 Å². The second kappa shape index (κ2) is 10.1. The van der Waals surface area contributed by atoms with Crippen LogP contribution >= 0.6 is 0 Å². The van der Waals surface area contributed by atoms with Crippen LogP contribution in [0.5, 0.6) is 11.5 Å². The molecule has 2 aliphatic rings. The first-order valence-electron chi connectivity index (χ1n) is 16.3. The molecule has 1 aliphatic heterocycles. The highest BCUT2D eigenvalue weighted by Crippen LogP contribution is 2.62. The summed E-state index contributed by atoms with van der Waals surface area (Å²) in [7, 11) is 0.